The molecule has 0 saturated heterocycles. The second-order valence-corrected chi connectivity index (χ2v) is 8.85. The van der Waals surface area contributed by atoms with E-state index < -0.39 is 0 Å². The third-order valence-electron chi connectivity index (χ3n) is 6.57. The highest BCUT2D eigenvalue weighted by molar-refractivity contribution is 5.81. The second kappa shape index (κ2) is 10.5. The molecule has 3 rings (SSSR count). The molecule has 3 nitrogen and oxygen atoms in total. The molecule has 0 spiro atoms. The average Bonchev–Trinajstić information content (AvgIpc) is 2.79. The molecule has 0 aromatic heterocycles. The van der Waals surface area contributed by atoms with Crippen LogP contribution in [-0.2, 0) is 16.0 Å². The molecule has 0 N–H and O–H groups in total. The maximum Gasteiger partial charge on any atom is 0.330 e. The summed E-state index contributed by atoms with van der Waals surface area (Å²) in [5.41, 5.74) is 12.5. The minimum Gasteiger partial charge on any atom is -0.463 e. The van der Waals surface area contributed by atoms with Gasteiger partial charge in [-0.3, -0.25) is 0 Å². The third-order valence-corrected chi connectivity index (χ3v) is 6.57. The highest BCUT2D eigenvalue weighted by atomic mass is 16.5. The van der Waals surface area contributed by atoms with Crippen LogP contribution in [-0.4, -0.2) is 12.6 Å². The van der Waals surface area contributed by atoms with Crippen LogP contribution in [0.1, 0.15) is 45.4 Å². The van der Waals surface area contributed by atoms with Gasteiger partial charge in [-0.1, -0.05) is 24.8 Å². The number of carbonyl (C=O) groups excluding carboxylic acids is 1. The number of para-hydroxylation sites is 1. The maximum absolute atomic E-state index is 11.4. The van der Waals surface area contributed by atoms with E-state index in [1.807, 2.05) is 0 Å². The summed E-state index contributed by atoms with van der Waals surface area (Å²) < 4.78 is 5.20. The van der Waals surface area contributed by atoms with Gasteiger partial charge in [0.1, 0.15) is 0 Å². The Morgan fingerprint density at radius 2 is 1.33 bits per heavy atom. The predicted molar refractivity (Wildman–Crippen MR) is 139 cm³/mol. The van der Waals surface area contributed by atoms with Crippen molar-refractivity contribution in [1.82, 2.24) is 0 Å². The lowest BCUT2D eigenvalue weighted by Gasteiger charge is -2.30. The van der Waals surface area contributed by atoms with Crippen molar-refractivity contribution in [3.8, 4) is 0 Å². The van der Waals surface area contributed by atoms with Gasteiger partial charge in [0.2, 0.25) is 0 Å². The van der Waals surface area contributed by atoms with E-state index in [0.29, 0.717) is 6.61 Å². The van der Waals surface area contributed by atoms with Crippen molar-refractivity contribution in [2.45, 2.75) is 54.4 Å². The van der Waals surface area contributed by atoms with E-state index in [2.05, 4.69) is 102 Å². The standard InChI is InChI=1S/C30H35NO2/c1-8-30(32)33-15-11-13-26-12-9-10-14-29(26)31(27-16-20(2)24(6)21(3)17-27)28-18-22(4)25(7)23(5)19-28/h8-10,12,14,16-19H,1,11,13,15H2,2-7H3. The van der Waals surface area contributed by atoms with Crippen LogP contribution >= 0.6 is 0 Å². The second-order valence-electron chi connectivity index (χ2n) is 8.85. The Hall–Kier alpha value is -3.33. The molecule has 33 heavy (non-hydrogen) atoms. The third kappa shape index (κ3) is 5.54. The lowest BCUT2D eigenvalue weighted by molar-refractivity contribution is -0.137. The number of hydrogen-bond acceptors (Lipinski definition) is 3. The van der Waals surface area contributed by atoms with E-state index in [4.69, 9.17) is 4.74 Å². The lowest BCUT2D eigenvalue weighted by Crippen LogP contribution is -2.14. The molecule has 0 aliphatic carbocycles. The van der Waals surface area contributed by atoms with Gasteiger partial charge < -0.3 is 9.64 Å². The molecule has 0 unspecified atom stereocenters. The van der Waals surface area contributed by atoms with Crippen LogP contribution in [0.15, 0.2) is 61.2 Å². The van der Waals surface area contributed by atoms with Crippen molar-refractivity contribution in [2.75, 3.05) is 11.5 Å². The van der Waals surface area contributed by atoms with E-state index in [1.165, 1.54) is 45.0 Å². The highest BCUT2D eigenvalue weighted by Gasteiger charge is 2.18. The zero-order valence-corrected chi connectivity index (χ0v) is 20.8. The summed E-state index contributed by atoms with van der Waals surface area (Å²) >= 11 is 0. The summed E-state index contributed by atoms with van der Waals surface area (Å²) in [6.07, 6.45) is 2.77. The van der Waals surface area contributed by atoms with Gasteiger partial charge in [-0.2, -0.15) is 0 Å². The summed E-state index contributed by atoms with van der Waals surface area (Å²) in [5, 5.41) is 0. The molecule has 3 heteroatoms. The monoisotopic (exact) mass is 441 g/mol. The number of esters is 1. The number of anilines is 3. The summed E-state index contributed by atoms with van der Waals surface area (Å²) in [6.45, 7) is 16.9. The van der Waals surface area contributed by atoms with Gasteiger partial charge in [-0.05, 0) is 124 Å². The molecule has 172 valence electrons. The molecule has 3 aromatic rings. The van der Waals surface area contributed by atoms with Gasteiger partial charge in [0.05, 0.1) is 6.61 Å². The van der Waals surface area contributed by atoms with Crippen molar-refractivity contribution in [3.05, 3.63) is 100 Å². The van der Waals surface area contributed by atoms with Crippen molar-refractivity contribution in [1.29, 1.82) is 0 Å². The van der Waals surface area contributed by atoms with Crippen molar-refractivity contribution < 1.29 is 9.53 Å². The first-order valence-corrected chi connectivity index (χ1v) is 11.6. The first-order chi connectivity index (χ1) is 15.7. The van der Waals surface area contributed by atoms with Crippen molar-refractivity contribution in [3.63, 3.8) is 0 Å². The Morgan fingerprint density at radius 3 is 1.82 bits per heavy atom. The van der Waals surface area contributed by atoms with Gasteiger partial charge in [-0.25, -0.2) is 4.79 Å². The molecule has 0 aliphatic rings. The first-order valence-electron chi connectivity index (χ1n) is 11.6. The molecule has 0 atom stereocenters. The zero-order chi connectivity index (χ0) is 24.1. The van der Waals surface area contributed by atoms with Crippen LogP contribution in [0.5, 0.6) is 0 Å². The fraction of sp³-hybridized carbons (Fsp3) is 0.300. The number of nitrogens with zero attached hydrogens (tertiary/aromatic N) is 1. The van der Waals surface area contributed by atoms with E-state index in [1.54, 1.807) is 0 Å². The van der Waals surface area contributed by atoms with Crippen LogP contribution in [0.4, 0.5) is 17.1 Å². The molecule has 0 radical (unpaired) electrons. The highest BCUT2D eigenvalue weighted by Crippen LogP contribution is 2.39. The van der Waals surface area contributed by atoms with Crippen LogP contribution in [0.3, 0.4) is 0 Å². The number of aryl methyl sites for hydroxylation is 5. The fourth-order valence-corrected chi connectivity index (χ4v) is 4.15. The topological polar surface area (TPSA) is 29.5 Å². The number of hydrogen-bond donors (Lipinski definition) is 0. The number of ether oxygens (including phenoxy) is 1. The molecular formula is C30H35NO2. The largest absolute Gasteiger partial charge is 0.463 e. The number of benzene rings is 3. The maximum atomic E-state index is 11.4. The molecule has 0 amide bonds. The smallest absolute Gasteiger partial charge is 0.330 e. The number of carbonyl (C=O) groups is 1. The quantitative estimate of drug-likeness (QED) is 0.204. The minimum atomic E-state index is -0.374. The molecule has 0 fully saturated rings. The van der Waals surface area contributed by atoms with E-state index in [0.717, 1.165) is 29.9 Å². The first kappa shape index (κ1) is 24.3. The molecule has 0 saturated carbocycles. The van der Waals surface area contributed by atoms with Crippen LogP contribution in [0.25, 0.3) is 0 Å². The summed E-state index contributed by atoms with van der Waals surface area (Å²) in [4.78, 5) is 13.8. The molecule has 0 aliphatic heterocycles. The van der Waals surface area contributed by atoms with Crippen LogP contribution in [0.2, 0.25) is 0 Å². The van der Waals surface area contributed by atoms with E-state index in [-0.39, 0.29) is 5.97 Å². The van der Waals surface area contributed by atoms with Crippen LogP contribution < -0.4 is 4.90 Å². The van der Waals surface area contributed by atoms with Gasteiger partial charge in [0, 0.05) is 23.1 Å². The zero-order valence-electron chi connectivity index (χ0n) is 20.8. The Labute approximate surface area is 198 Å². The average molecular weight is 442 g/mol. The van der Waals surface area contributed by atoms with Gasteiger partial charge in [0.25, 0.3) is 0 Å². The van der Waals surface area contributed by atoms with Gasteiger partial charge in [0.15, 0.2) is 0 Å². The lowest BCUT2D eigenvalue weighted by atomic mass is 9.98. The normalized spacial score (nSPS) is 10.7. The summed E-state index contributed by atoms with van der Waals surface area (Å²) in [6, 6.07) is 17.6. The Kier molecular flexibility index (Phi) is 7.75. The Balaban J connectivity index is 2.10. The predicted octanol–water partition coefficient (Wildman–Crippen LogP) is 7.67. The molecule has 3 aromatic carbocycles. The van der Waals surface area contributed by atoms with Gasteiger partial charge >= 0.3 is 5.97 Å². The Morgan fingerprint density at radius 1 is 0.848 bits per heavy atom. The minimum absolute atomic E-state index is 0.374. The molecular weight excluding hydrogens is 406 g/mol. The summed E-state index contributed by atoms with van der Waals surface area (Å²) in [7, 11) is 0. The van der Waals surface area contributed by atoms with Crippen molar-refractivity contribution in [2.24, 2.45) is 0 Å². The molecule has 0 bridgehead atoms. The summed E-state index contributed by atoms with van der Waals surface area (Å²) in [5.74, 6) is -0.374. The van der Waals surface area contributed by atoms with Crippen molar-refractivity contribution >= 4 is 23.0 Å². The fourth-order valence-electron chi connectivity index (χ4n) is 4.15. The van der Waals surface area contributed by atoms with E-state index in [9.17, 15) is 4.79 Å². The van der Waals surface area contributed by atoms with Crippen LogP contribution in [0, 0.1) is 41.5 Å². The number of rotatable bonds is 8. The van der Waals surface area contributed by atoms with E-state index >= 15 is 0 Å². The SMILES string of the molecule is C=CC(=O)OCCCc1ccccc1N(c1cc(C)c(C)c(C)c1)c1cc(C)c(C)c(C)c1. The van der Waals surface area contributed by atoms with Gasteiger partial charge in [-0.15, -0.1) is 0 Å². The molecule has 0 heterocycles. The Bertz CT molecular complexity index is 1070.